The lowest BCUT2D eigenvalue weighted by Gasteiger charge is -2.13. The number of aromatic nitrogens is 1. The summed E-state index contributed by atoms with van der Waals surface area (Å²) in [6.07, 6.45) is 2.61. The molecule has 3 nitrogen and oxygen atoms in total. The molecule has 0 amide bonds. The summed E-state index contributed by atoms with van der Waals surface area (Å²) >= 11 is 3.49. The molecule has 1 atom stereocenters. The van der Waals surface area contributed by atoms with Crippen molar-refractivity contribution in [1.29, 1.82) is 0 Å². The van der Waals surface area contributed by atoms with E-state index in [-0.39, 0.29) is 6.61 Å². The lowest BCUT2D eigenvalue weighted by Crippen LogP contribution is -2.13. The van der Waals surface area contributed by atoms with E-state index in [0.29, 0.717) is 5.92 Å². The van der Waals surface area contributed by atoms with Gasteiger partial charge in [0.25, 0.3) is 0 Å². The normalized spacial score (nSPS) is 12.5. The fourth-order valence-electron chi connectivity index (χ4n) is 1.26. The molecule has 1 rings (SSSR count). The number of hydrogen-bond acceptors (Lipinski definition) is 3. The number of anilines is 1. The van der Waals surface area contributed by atoms with Crippen molar-refractivity contribution in [3.8, 4) is 0 Å². The van der Waals surface area contributed by atoms with Crippen molar-refractivity contribution >= 4 is 21.7 Å². The minimum atomic E-state index is 0.241. The third-order valence-corrected chi connectivity index (χ3v) is 3.32. The van der Waals surface area contributed by atoms with Gasteiger partial charge in [-0.15, -0.1) is 0 Å². The molecule has 2 N–H and O–H groups in total. The number of pyridine rings is 1. The van der Waals surface area contributed by atoms with E-state index < -0.39 is 0 Å². The molecule has 15 heavy (non-hydrogen) atoms. The Labute approximate surface area is 99.1 Å². The Morgan fingerprint density at radius 1 is 1.60 bits per heavy atom. The lowest BCUT2D eigenvalue weighted by molar-refractivity contribution is 0.266. The van der Waals surface area contributed by atoms with Gasteiger partial charge in [-0.3, -0.25) is 0 Å². The third kappa shape index (κ3) is 3.80. The van der Waals surface area contributed by atoms with Gasteiger partial charge in [-0.25, -0.2) is 4.98 Å². The molecular formula is C11H17BrN2O. The van der Waals surface area contributed by atoms with Crippen LogP contribution in [0.2, 0.25) is 0 Å². The SMILES string of the molecule is Cc1ccnc(NCC(C)CCO)c1Br. The predicted molar refractivity (Wildman–Crippen MR) is 66.0 cm³/mol. The zero-order chi connectivity index (χ0) is 11.3. The van der Waals surface area contributed by atoms with Crippen molar-refractivity contribution in [1.82, 2.24) is 4.98 Å². The highest BCUT2D eigenvalue weighted by molar-refractivity contribution is 9.10. The van der Waals surface area contributed by atoms with Crippen molar-refractivity contribution in [3.05, 3.63) is 22.3 Å². The first-order valence-corrected chi connectivity index (χ1v) is 5.90. The number of hydrogen-bond donors (Lipinski definition) is 2. The molecular weight excluding hydrogens is 256 g/mol. The van der Waals surface area contributed by atoms with Gasteiger partial charge in [0.05, 0.1) is 4.47 Å². The average Bonchev–Trinajstić information content (AvgIpc) is 2.21. The maximum Gasteiger partial charge on any atom is 0.140 e. The van der Waals surface area contributed by atoms with Crippen LogP contribution in [-0.4, -0.2) is 23.2 Å². The van der Waals surface area contributed by atoms with Crippen LogP contribution in [0.5, 0.6) is 0 Å². The van der Waals surface area contributed by atoms with Gasteiger partial charge in [-0.1, -0.05) is 6.92 Å². The number of aliphatic hydroxyl groups excluding tert-OH is 1. The summed E-state index contributed by atoms with van der Waals surface area (Å²) in [5, 5.41) is 12.0. The van der Waals surface area contributed by atoms with Crippen molar-refractivity contribution in [2.24, 2.45) is 5.92 Å². The second-order valence-corrected chi connectivity index (χ2v) is 4.58. The maximum atomic E-state index is 8.78. The van der Waals surface area contributed by atoms with Gasteiger partial charge in [0.15, 0.2) is 0 Å². The van der Waals surface area contributed by atoms with Crippen LogP contribution in [0.15, 0.2) is 16.7 Å². The van der Waals surface area contributed by atoms with Crippen LogP contribution in [-0.2, 0) is 0 Å². The van der Waals surface area contributed by atoms with Crippen LogP contribution in [0.3, 0.4) is 0 Å². The van der Waals surface area contributed by atoms with E-state index in [0.717, 1.165) is 23.3 Å². The predicted octanol–water partition coefficient (Wildman–Crippen LogP) is 2.58. The van der Waals surface area contributed by atoms with Crippen LogP contribution >= 0.6 is 15.9 Å². The van der Waals surface area contributed by atoms with Crippen molar-refractivity contribution in [2.45, 2.75) is 20.3 Å². The van der Waals surface area contributed by atoms with E-state index in [2.05, 4.69) is 33.2 Å². The Hall–Kier alpha value is -0.610. The highest BCUT2D eigenvalue weighted by Crippen LogP contribution is 2.23. The van der Waals surface area contributed by atoms with Crippen LogP contribution in [0.4, 0.5) is 5.82 Å². The Morgan fingerprint density at radius 3 is 3.00 bits per heavy atom. The summed E-state index contributed by atoms with van der Waals surface area (Å²) in [6.45, 7) is 5.21. The summed E-state index contributed by atoms with van der Waals surface area (Å²) in [6, 6.07) is 1.96. The van der Waals surface area contributed by atoms with E-state index in [1.165, 1.54) is 5.56 Å². The highest BCUT2D eigenvalue weighted by atomic mass is 79.9. The van der Waals surface area contributed by atoms with Gasteiger partial charge < -0.3 is 10.4 Å². The minimum Gasteiger partial charge on any atom is -0.396 e. The van der Waals surface area contributed by atoms with E-state index in [9.17, 15) is 0 Å². The van der Waals surface area contributed by atoms with E-state index in [1.54, 1.807) is 6.20 Å². The molecule has 4 heteroatoms. The molecule has 0 saturated carbocycles. The molecule has 0 aliphatic carbocycles. The zero-order valence-corrected chi connectivity index (χ0v) is 10.7. The Kier molecular flexibility index (Phi) is 5.05. The largest absolute Gasteiger partial charge is 0.396 e. The zero-order valence-electron chi connectivity index (χ0n) is 9.13. The number of nitrogens with one attached hydrogen (secondary N) is 1. The second-order valence-electron chi connectivity index (χ2n) is 3.79. The topological polar surface area (TPSA) is 45.2 Å². The summed E-state index contributed by atoms with van der Waals surface area (Å²) in [4.78, 5) is 4.25. The van der Waals surface area contributed by atoms with Gasteiger partial charge in [-0.2, -0.15) is 0 Å². The van der Waals surface area contributed by atoms with Gasteiger partial charge >= 0.3 is 0 Å². The molecule has 0 spiro atoms. The van der Waals surface area contributed by atoms with E-state index in [1.807, 2.05) is 13.0 Å². The first-order chi connectivity index (χ1) is 7.15. The Morgan fingerprint density at radius 2 is 2.33 bits per heavy atom. The van der Waals surface area contributed by atoms with Crippen molar-refractivity contribution < 1.29 is 5.11 Å². The summed E-state index contributed by atoms with van der Waals surface area (Å²) < 4.78 is 1.01. The van der Waals surface area contributed by atoms with E-state index in [4.69, 9.17) is 5.11 Å². The molecule has 0 aromatic carbocycles. The van der Waals surface area contributed by atoms with Crippen LogP contribution in [0.1, 0.15) is 18.9 Å². The molecule has 1 aromatic rings. The fraction of sp³-hybridized carbons (Fsp3) is 0.545. The molecule has 0 fully saturated rings. The summed E-state index contributed by atoms with van der Waals surface area (Å²) in [5.74, 6) is 1.32. The first-order valence-electron chi connectivity index (χ1n) is 5.11. The lowest BCUT2D eigenvalue weighted by atomic mass is 10.1. The molecule has 1 unspecified atom stereocenters. The molecule has 0 radical (unpaired) electrons. The molecule has 1 aromatic heterocycles. The standard InChI is InChI=1S/C11H17BrN2O/c1-8(4-6-15)7-14-11-10(12)9(2)3-5-13-11/h3,5,8,15H,4,6-7H2,1-2H3,(H,13,14). The van der Waals surface area contributed by atoms with Crippen molar-refractivity contribution in [2.75, 3.05) is 18.5 Å². The Balaban J connectivity index is 2.54. The summed E-state index contributed by atoms with van der Waals surface area (Å²) in [5.41, 5.74) is 1.17. The smallest absolute Gasteiger partial charge is 0.140 e. The second kappa shape index (κ2) is 6.08. The molecule has 1 heterocycles. The molecule has 0 aliphatic heterocycles. The number of aryl methyl sites for hydroxylation is 1. The molecule has 0 bridgehead atoms. The maximum absolute atomic E-state index is 8.78. The molecule has 0 aliphatic rings. The monoisotopic (exact) mass is 272 g/mol. The quantitative estimate of drug-likeness (QED) is 0.866. The van der Waals surface area contributed by atoms with Gasteiger partial charge in [0.1, 0.15) is 5.82 Å². The van der Waals surface area contributed by atoms with Gasteiger partial charge in [0, 0.05) is 19.3 Å². The average molecular weight is 273 g/mol. The Bertz CT molecular complexity index is 317. The number of rotatable bonds is 5. The van der Waals surface area contributed by atoms with Gasteiger partial charge in [0.2, 0.25) is 0 Å². The molecule has 84 valence electrons. The molecule has 0 saturated heterocycles. The van der Waals surface area contributed by atoms with Crippen molar-refractivity contribution in [3.63, 3.8) is 0 Å². The van der Waals surface area contributed by atoms with Crippen LogP contribution < -0.4 is 5.32 Å². The fourth-order valence-corrected chi connectivity index (χ4v) is 1.63. The number of halogens is 1. The number of nitrogens with zero attached hydrogens (tertiary/aromatic N) is 1. The summed E-state index contributed by atoms with van der Waals surface area (Å²) in [7, 11) is 0. The first kappa shape index (κ1) is 12.5. The van der Waals surface area contributed by atoms with E-state index >= 15 is 0 Å². The van der Waals surface area contributed by atoms with Crippen LogP contribution in [0, 0.1) is 12.8 Å². The highest BCUT2D eigenvalue weighted by Gasteiger charge is 2.05. The van der Waals surface area contributed by atoms with Crippen LogP contribution in [0.25, 0.3) is 0 Å². The minimum absolute atomic E-state index is 0.241. The third-order valence-electron chi connectivity index (χ3n) is 2.32. The number of aliphatic hydroxyl groups is 1. The van der Waals surface area contributed by atoms with Gasteiger partial charge in [-0.05, 0) is 46.8 Å².